The van der Waals surface area contributed by atoms with Crippen molar-refractivity contribution in [2.24, 2.45) is 7.05 Å². The zero-order chi connectivity index (χ0) is 30.6. The molecule has 9 nitrogen and oxygen atoms in total. The third-order valence-corrected chi connectivity index (χ3v) is 6.95. The third kappa shape index (κ3) is 5.98. The number of amides is 1. The first kappa shape index (κ1) is 28.2. The summed E-state index contributed by atoms with van der Waals surface area (Å²) in [5.74, 6) is 5.86. The van der Waals surface area contributed by atoms with Gasteiger partial charge in [0, 0.05) is 43.6 Å². The summed E-state index contributed by atoms with van der Waals surface area (Å²) in [5.41, 5.74) is 4.91. The fourth-order valence-electron chi connectivity index (χ4n) is 4.71. The number of rotatable bonds is 7. The first-order chi connectivity index (χ1) is 21.4. The van der Waals surface area contributed by atoms with Gasteiger partial charge in [0.25, 0.3) is 5.91 Å². The molecule has 6 aromatic rings. The van der Waals surface area contributed by atoms with E-state index in [0.717, 1.165) is 23.4 Å². The third-order valence-electron chi connectivity index (χ3n) is 6.95. The molecule has 0 bridgehead atoms. The molecule has 0 fully saturated rings. The summed E-state index contributed by atoms with van der Waals surface area (Å²) in [6.45, 7) is 3.76. The number of ether oxygens (including phenoxy) is 1. The monoisotopic (exact) mass is 585 g/mol. The summed E-state index contributed by atoms with van der Waals surface area (Å²) in [6.07, 6.45) is 11.0. The largest absolute Gasteiger partial charge is 0.457 e. The van der Waals surface area contributed by atoms with E-state index in [4.69, 9.17) is 4.74 Å². The molecule has 44 heavy (non-hydrogen) atoms. The Morgan fingerprint density at radius 1 is 1.02 bits per heavy atom. The second-order valence-corrected chi connectivity index (χ2v) is 10.1. The van der Waals surface area contributed by atoms with Crippen LogP contribution in [0.3, 0.4) is 0 Å². The van der Waals surface area contributed by atoms with Crippen LogP contribution in [0.1, 0.15) is 39.7 Å². The van der Waals surface area contributed by atoms with Gasteiger partial charge >= 0.3 is 0 Å². The Labute approximate surface area is 253 Å². The molecule has 4 heterocycles. The molecule has 2 N–H and O–H groups in total. The number of aromatic nitrogens is 5. The molecular weight excluding hydrogens is 557 g/mol. The number of fused-ring (bicyclic) bond motifs is 1. The van der Waals surface area contributed by atoms with E-state index >= 15 is 4.39 Å². The van der Waals surface area contributed by atoms with Gasteiger partial charge in [0.2, 0.25) is 0 Å². The van der Waals surface area contributed by atoms with Crippen molar-refractivity contribution in [3.05, 3.63) is 126 Å². The smallest absolute Gasteiger partial charge is 0.258 e. The Bertz CT molecular complexity index is 2060. The maximum atomic E-state index is 15.8. The Morgan fingerprint density at radius 3 is 2.64 bits per heavy atom. The van der Waals surface area contributed by atoms with Crippen molar-refractivity contribution in [3.63, 3.8) is 0 Å². The molecule has 0 aliphatic carbocycles. The summed E-state index contributed by atoms with van der Waals surface area (Å²) in [6, 6.07) is 15.9. The Kier molecular flexibility index (Phi) is 7.76. The molecule has 0 aliphatic rings. The van der Waals surface area contributed by atoms with Gasteiger partial charge in [-0.15, -0.1) is 0 Å². The molecule has 2 aromatic carbocycles. The zero-order valence-corrected chi connectivity index (χ0v) is 24.3. The van der Waals surface area contributed by atoms with E-state index in [2.05, 4.69) is 37.5 Å². The maximum Gasteiger partial charge on any atom is 0.258 e. The van der Waals surface area contributed by atoms with E-state index in [9.17, 15) is 4.79 Å². The molecule has 4 aromatic heterocycles. The van der Waals surface area contributed by atoms with Crippen molar-refractivity contribution in [1.82, 2.24) is 24.1 Å². The van der Waals surface area contributed by atoms with E-state index in [-0.39, 0.29) is 11.1 Å². The number of pyridine rings is 2. The van der Waals surface area contributed by atoms with Crippen molar-refractivity contribution in [2.75, 3.05) is 10.6 Å². The lowest BCUT2D eigenvalue weighted by Crippen LogP contribution is -2.15. The Morgan fingerprint density at radius 2 is 1.86 bits per heavy atom. The molecule has 0 radical (unpaired) electrons. The van der Waals surface area contributed by atoms with E-state index in [1.165, 1.54) is 6.07 Å². The minimum absolute atomic E-state index is 0.112. The van der Waals surface area contributed by atoms with E-state index in [0.29, 0.717) is 34.1 Å². The highest BCUT2D eigenvalue weighted by molar-refractivity contribution is 6.05. The summed E-state index contributed by atoms with van der Waals surface area (Å²) in [4.78, 5) is 21.8. The van der Waals surface area contributed by atoms with Crippen LogP contribution in [0.4, 0.5) is 21.5 Å². The van der Waals surface area contributed by atoms with Crippen molar-refractivity contribution in [2.45, 2.75) is 20.3 Å². The van der Waals surface area contributed by atoms with Crippen LogP contribution in [0.25, 0.3) is 5.65 Å². The van der Waals surface area contributed by atoms with E-state index in [1.54, 1.807) is 60.7 Å². The van der Waals surface area contributed by atoms with Crippen LogP contribution >= 0.6 is 0 Å². The molecule has 1 amide bonds. The van der Waals surface area contributed by atoms with Gasteiger partial charge in [0.15, 0.2) is 11.5 Å². The average molecular weight is 586 g/mol. The average Bonchev–Trinajstić information content (AvgIpc) is 3.63. The number of hydrogen-bond acceptors (Lipinski definition) is 6. The van der Waals surface area contributed by atoms with Gasteiger partial charge in [-0.1, -0.05) is 18.9 Å². The van der Waals surface area contributed by atoms with Gasteiger partial charge in [0.1, 0.15) is 17.2 Å². The Balaban J connectivity index is 1.26. The van der Waals surface area contributed by atoms with Crippen LogP contribution in [0.2, 0.25) is 0 Å². The van der Waals surface area contributed by atoms with Crippen LogP contribution in [0, 0.1) is 24.6 Å². The van der Waals surface area contributed by atoms with Crippen LogP contribution in [-0.2, 0) is 13.5 Å². The van der Waals surface area contributed by atoms with Crippen LogP contribution in [0.15, 0.2) is 91.8 Å². The molecule has 0 aliphatic heterocycles. The lowest BCUT2D eigenvalue weighted by Gasteiger charge is -2.12. The molecule has 0 saturated heterocycles. The predicted molar refractivity (Wildman–Crippen MR) is 167 cm³/mol. The van der Waals surface area contributed by atoms with E-state index in [1.807, 2.05) is 55.0 Å². The molecule has 0 unspecified atom stereocenters. The molecule has 0 saturated carbocycles. The highest BCUT2D eigenvalue weighted by Crippen LogP contribution is 2.27. The molecule has 6 rings (SSSR count). The number of aryl methyl sites for hydroxylation is 3. The second kappa shape index (κ2) is 12.1. The van der Waals surface area contributed by atoms with Gasteiger partial charge in [0.05, 0.1) is 34.9 Å². The van der Waals surface area contributed by atoms with E-state index < -0.39 is 11.7 Å². The van der Waals surface area contributed by atoms with Gasteiger partial charge in [-0.25, -0.2) is 9.37 Å². The van der Waals surface area contributed by atoms with Crippen molar-refractivity contribution in [3.8, 4) is 23.3 Å². The maximum absolute atomic E-state index is 15.8. The van der Waals surface area contributed by atoms with Gasteiger partial charge < -0.3 is 15.4 Å². The number of anilines is 3. The fraction of sp³-hybridized carbons (Fsp3) is 0.118. The standard InChI is InChI=1S/C34H28FN7O2/c1-4-23-16-24(18-28(17-23)44-27-11-13-36-14-12-27)40-34(43)30-9-7-22(2)29(32(30)35)10-8-26-20-37-33-31(6-5-15-42(26)33)39-25-19-38-41(3)21-25/h5-7,9,11-21,39H,4H2,1-3H3,(H,40,43). The first-order valence-corrected chi connectivity index (χ1v) is 13.9. The number of carbonyl (C=O) groups is 1. The zero-order valence-electron chi connectivity index (χ0n) is 24.3. The SMILES string of the molecule is CCc1cc(NC(=O)c2ccc(C)c(C#Cc3cnc4c(Nc5cnn(C)c5)cccn34)c2F)cc(Oc2ccncc2)c1. The molecule has 0 spiro atoms. The summed E-state index contributed by atoms with van der Waals surface area (Å²) in [7, 11) is 1.84. The number of nitrogens with zero attached hydrogens (tertiary/aromatic N) is 5. The first-order valence-electron chi connectivity index (χ1n) is 13.9. The topological polar surface area (TPSA) is 98.4 Å². The molecule has 0 atom stereocenters. The minimum Gasteiger partial charge on any atom is -0.457 e. The highest BCUT2D eigenvalue weighted by atomic mass is 19.1. The predicted octanol–water partition coefficient (Wildman–Crippen LogP) is 6.66. The van der Waals surface area contributed by atoms with Crippen LogP contribution in [0.5, 0.6) is 11.5 Å². The van der Waals surface area contributed by atoms with Crippen LogP contribution in [-0.4, -0.2) is 30.1 Å². The molecule has 218 valence electrons. The minimum atomic E-state index is -0.692. The summed E-state index contributed by atoms with van der Waals surface area (Å²) >= 11 is 0. The number of hydrogen-bond donors (Lipinski definition) is 2. The van der Waals surface area contributed by atoms with Crippen molar-refractivity contribution >= 4 is 28.6 Å². The lowest BCUT2D eigenvalue weighted by molar-refractivity contribution is 0.102. The van der Waals surface area contributed by atoms with Gasteiger partial charge in [-0.2, -0.15) is 5.10 Å². The number of carbonyl (C=O) groups excluding carboxylic acids is 1. The quantitative estimate of drug-likeness (QED) is 0.203. The molecular formula is C34H28FN7O2. The van der Waals surface area contributed by atoms with Crippen molar-refractivity contribution in [1.29, 1.82) is 0 Å². The van der Waals surface area contributed by atoms with Gasteiger partial charge in [-0.05, 0) is 72.9 Å². The van der Waals surface area contributed by atoms with Gasteiger partial charge in [-0.3, -0.25) is 18.9 Å². The number of nitrogens with one attached hydrogen (secondary N) is 2. The second-order valence-electron chi connectivity index (χ2n) is 10.1. The lowest BCUT2D eigenvalue weighted by atomic mass is 10.0. The normalized spacial score (nSPS) is 10.7. The van der Waals surface area contributed by atoms with Crippen molar-refractivity contribution < 1.29 is 13.9 Å². The number of halogens is 1. The molecule has 10 heteroatoms. The highest BCUT2D eigenvalue weighted by Gasteiger charge is 2.17. The van der Waals surface area contributed by atoms with Crippen LogP contribution < -0.4 is 15.4 Å². The number of benzene rings is 2. The number of imidazole rings is 1. The summed E-state index contributed by atoms with van der Waals surface area (Å²) in [5, 5.41) is 10.3. The fourth-order valence-corrected chi connectivity index (χ4v) is 4.71. The summed E-state index contributed by atoms with van der Waals surface area (Å²) < 4.78 is 25.3. The Hall–Kier alpha value is -5.95.